The summed E-state index contributed by atoms with van der Waals surface area (Å²) in [5.41, 5.74) is -0.509. The number of carbonyl (C=O) groups excluding carboxylic acids is 2. The smallest absolute Gasteiger partial charge is 0.322 e. The standard InChI is InChI=1S/C13H13F2N3O2/c14-9-2-1-8(5-10(9)15)6-18-11(19)13(17-12(18)20)3-4-16-7-13/h1-2,5,16H,3-4,6-7H2,(H,17,20). The molecule has 3 amide bonds. The zero-order chi connectivity index (χ0) is 14.3. The van der Waals surface area contributed by atoms with Crippen LogP contribution in [-0.4, -0.2) is 35.5 Å². The number of rotatable bonds is 2. The molecule has 0 bridgehead atoms. The van der Waals surface area contributed by atoms with Crippen LogP contribution in [0.4, 0.5) is 13.6 Å². The Morgan fingerprint density at radius 2 is 2.05 bits per heavy atom. The number of amides is 3. The number of imide groups is 1. The molecule has 1 aromatic carbocycles. The van der Waals surface area contributed by atoms with E-state index in [1.54, 1.807) is 0 Å². The lowest BCUT2D eigenvalue weighted by Crippen LogP contribution is -2.48. The van der Waals surface area contributed by atoms with Crippen LogP contribution >= 0.6 is 0 Å². The van der Waals surface area contributed by atoms with Crippen molar-refractivity contribution in [1.82, 2.24) is 15.5 Å². The molecule has 3 rings (SSSR count). The van der Waals surface area contributed by atoms with Gasteiger partial charge in [0.15, 0.2) is 11.6 Å². The molecule has 2 heterocycles. The van der Waals surface area contributed by atoms with Gasteiger partial charge in [-0.25, -0.2) is 13.6 Å². The molecule has 2 fully saturated rings. The first-order valence-electron chi connectivity index (χ1n) is 6.31. The van der Waals surface area contributed by atoms with Gasteiger partial charge in [-0.2, -0.15) is 0 Å². The molecule has 1 spiro atoms. The third kappa shape index (κ3) is 1.94. The molecule has 0 aromatic heterocycles. The second kappa shape index (κ2) is 4.52. The van der Waals surface area contributed by atoms with Crippen LogP contribution in [0, 0.1) is 11.6 Å². The molecule has 2 aliphatic rings. The normalized spacial score (nSPS) is 25.6. The largest absolute Gasteiger partial charge is 0.325 e. The molecule has 0 saturated carbocycles. The first-order chi connectivity index (χ1) is 9.52. The summed E-state index contributed by atoms with van der Waals surface area (Å²) in [5, 5.41) is 5.72. The van der Waals surface area contributed by atoms with Crippen LogP contribution in [0.3, 0.4) is 0 Å². The van der Waals surface area contributed by atoms with Crippen LogP contribution in [0.1, 0.15) is 12.0 Å². The van der Waals surface area contributed by atoms with E-state index in [0.29, 0.717) is 25.1 Å². The number of nitrogens with zero attached hydrogens (tertiary/aromatic N) is 1. The molecule has 1 unspecified atom stereocenters. The van der Waals surface area contributed by atoms with Crippen molar-refractivity contribution in [2.75, 3.05) is 13.1 Å². The molecular formula is C13H13F2N3O2. The Labute approximate surface area is 113 Å². The van der Waals surface area contributed by atoms with Crippen molar-refractivity contribution in [1.29, 1.82) is 0 Å². The fourth-order valence-electron chi connectivity index (χ4n) is 2.62. The Balaban J connectivity index is 1.82. The number of carbonyl (C=O) groups is 2. The van der Waals surface area contributed by atoms with Crippen LogP contribution in [0.15, 0.2) is 18.2 Å². The van der Waals surface area contributed by atoms with Gasteiger partial charge in [0, 0.05) is 6.54 Å². The Hall–Kier alpha value is -2.02. The van der Waals surface area contributed by atoms with E-state index >= 15 is 0 Å². The number of urea groups is 1. The van der Waals surface area contributed by atoms with Gasteiger partial charge in [-0.1, -0.05) is 6.07 Å². The Morgan fingerprint density at radius 1 is 1.25 bits per heavy atom. The second-order valence-corrected chi connectivity index (χ2v) is 5.08. The topological polar surface area (TPSA) is 61.4 Å². The van der Waals surface area contributed by atoms with Crippen LogP contribution in [0.5, 0.6) is 0 Å². The van der Waals surface area contributed by atoms with Gasteiger partial charge in [-0.15, -0.1) is 0 Å². The molecule has 1 atom stereocenters. The summed E-state index contributed by atoms with van der Waals surface area (Å²) in [6.07, 6.45) is 0.534. The van der Waals surface area contributed by atoms with Crippen molar-refractivity contribution < 1.29 is 18.4 Å². The van der Waals surface area contributed by atoms with Crippen molar-refractivity contribution in [2.45, 2.75) is 18.5 Å². The van der Waals surface area contributed by atoms with E-state index in [9.17, 15) is 18.4 Å². The third-order valence-corrected chi connectivity index (χ3v) is 3.73. The van der Waals surface area contributed by atoms with Crippen molar-refractivity contribution in [3.8, 4) is 0 Å². The summed E-state index contributed by atoms with van der Waals surface area (Å²) in [6, 6.07) is 2.84. The lowest BCUT2D eigenvalue weighted by molar-refractivity contribution is -0.131. The minimum Gasteiger partial charge on any atom is -0.322 e. The van der Waals surface area contributed by atoms with E-state index in [1.807, 2.05) is 0 Å². The number of hydrogen-bond donors (Lipinski definition) is 2. The first kappa shape index (κ1) is 13.0. The van der Waals surface area contributed by atoms with Gasteiger partial charge < -0.3 is 10.6 Å². The van der Waals surface area contributed by atoms with E-state index in [-0.39, 0.29) is 12.5 Å². The summed E-state index contributed by atoms with van der Waals surface area (Å²) in [7, 11) is 0. The number of benzene rings is 1. The highest BCUT2D eigenvalue weighted by Gasteiger charge is 2.52. The van der Waals surface area contributed by atoms with Crippen molar-refractivity contribution in [3.05, 3.63) is 35.4 Å². The quantitative estimate of drug-likeness (QED) is 0.786. The van der Waals surface area contributed by atoms with E-state index < -0.39 is 23.2 Å². The highest BCUT2D eigenvalue weighted by Crippen LogP contribution is 2.25. The molecule has 2 saturated heterocycles. The molecule has 2 N–H and O–H groups in total. The molecule has 1 aromatic rings. The lowest BCUT2D eigenvalue weighted by atomic mass is 9.99. The summed E-state index contributed by atoms with van der Waals surface area (Å²) in [5.74, 6) is -2.27. The Bertz CT molecular complexity index is 585. The maximum atomic E-state index is 13.2. The van der Waals surface area contributed by atoms with Gasteiger partial charge in [-0.3, -0.25) is 9.69 Å². The fourth-order valence-corrected chi connectivity index (χ4v) is 2.62. The zero-order valence-corrected chi connectivity index (χ0v) is 10.6. The van der Waals surface area contributed by atoms with E-state index in [0.717, 1.165) is 17.0 Å². The molecule has 0 aliphatic carbocycles. The monoisotopic (exact) mass is 281 g/mol. The minimum atomic E-state index is -0.994. The van der Waals surface area contributed by atoms with Crippen LogP contribution in [0.2, 0.25) is 0 Å². The van der Waals surface area contributed by atoms with Gasteiger partial charge in [-0.05, 0) is 30.7 Å². The molecule has 0 radical (unpaired) electrons. The van der Waals surface area contributed by atoms with E-state index in [1.165, 1.54) is 6.07 Å². The average Bonchev–Trinajstić information content (AvgIpc) is 2.96. The van der Waals surface area contributed by atoms with Crippen molar-refractivity contribution in [3.63, 3.8) is 0 Å². The zero-order valence-electron chi connectivity index (χ0n) is 10.6. The predicted molar refractivity (Wildman–Crippen MR) is 65.7 cm³/mol. The molecular weight excluding hydrogens is 268 g/mol. The SMILES string of the molecule is O=C1NC2(CCNC2)C(=O)N1Cc1ccc(F)c(F)c1. The summed E-state index contributed by atoms with van der Waals surface area (Å²) < 4.78 is 26.0. The first-order valence-corrected chi connectivity index (χ1v) is 6.31. The van der Waals surface area contributed by atoms with Crippen molar-refractivity contribution >= 4 is 11.9 Å². The van der Waals surface area contributed by atoms with Gasteiger partial charge in [0.1, 0.15) is 5.54 Å². The molecule has 5 nitrogen and oxygen atoms in total. The number of nitrogens with one attached hydrogen (secondary N) is 2. The van der Waals surface area contributed by atoms with Gasteiger partial charge >= 0.3 is 6.03 Å². The van der Waals surface area contributed by atoms with Gasteiger partial charge in [0.05, 0.1) is 6.54 Å². The van der Waals surface area contributed by atoms with Gasteiger partial charge in [0.2, 0.25) is 0 Å². The summed E-state index contributed by atoms with van der Waals surface area (Å²) in [4.78, 5) is 25.3. The minimum absolute atomic E-state index is 0.0659. The Kier molecular flexibility index (Phi) is 2.93. The molecule has 106 valence electrons. The van der Waals surface area contributed by atoms with E-state index in [4.69, 9.17) is 0 Å². The third-order valence-electron chi connectivity index (χ3n) is 3.73. The maximum Gasteiger partial charge on any atom is 0.325 e. The Morgan fingerprint density at radius 3 is 2.70 bits per heavy atom. The average molecular weight is 281 g/mol. The van der Waals surface area contributed by atoms with Crippen LogP contribution in [0.25, 0.3) is 0 Å². The highest BCUT2D eigenvalue weighted by molar-refractivity contribution is 6.07. The maximum absolute atomic E-state index is 13.2. The summed E-state index contributed by atoms with van der Waals surface area (Å²) in [6.45, 7) is 0.987. The van der Waals surface area contributed by atoms with Crippen molar-refractivity contribution in [2.24, 2.45) is 0 Å². The second-order valence-electron chi connectivity index (χ2n) is 5.08. The number of halogens is 2. The molecule has 2 aliphatic heterocycles. The fraction of sp³-hybridized carbons (Fsp3) is 0.385. The van der Waals surface area contributed by atoms with E-state index in [2.05, 4.69) is 10.6 Å². The van der Waals surface area contributed by atoms with Crippen LogP contribution < -0.4 is 10.6 Å². The number of hydrogen-bond acceptors (Lipinski definition) is 3. The molecule has 20 heavy (non-hydrogen) atoms. The lowest BCUT2D eigenvalue weighted by Gasteiger charge is -2.19. The predicted octanol–water partition coefficient (Wildman–Crippen LogP) is 0.749. The van der Waals surface area contributed by atoms with Crippen LogP contribution in [-0.2, 0) is 11.3 Å². The highest BCUT2D eigenvalue weighted by atomic mass is 19.2. The molecule has 7 heteroatoms. The van der Waals surface area contributed by atoms with Gasteiger partial charge in [0.25, 0.3) is 5.91 Å². The summed E-state index contributed by atoms with van der Waals surface area (Å²) >= 11 is 0.